The predicted molar refractivity (Wildman–Crippen MR) is 118 cm³/mol. The van der Waals surface area contributed by atoms with Crippen LogP contribution < -0.4 is 5.69 Å². The molecule has 0 unspecified atom stereocenters. The predicted octanol–water partition coefficient (Wildman–Crippen LogP) is 2.01. The van der Waals surface area contributed by atoms with E-state index >= 15 is 0 Å². The third-order valence-electron chi connectivity index (χ3n) is 4.44. The van der Waals surface area contributed by atoms with Gasteiger partial charge in [-0.05, 0) is 42.8 Å². The Balaban J connectivity index is 2.16. The van der Waals surface area contributed by atoms with Gasteiger partial charge in [0.15, 0.2) is 0 Å². The van der Waals surface area contributed by atoms with E-state index in [4.69, 9.17) is 14.3 Å². The number of methoxy groups -OCH3 is 1. The van der Waals surface area contributed by atoms with Crippen LogP contribution in [0.3, 0.4) is 0 Å². The van der Waals surface area contributed by atoms with Crippen LogP contribution in [0.4, 0.5) is 0 Å². The molecule has 0 saturated carbocycles. The largest absolute Gasteiger partial charge is 0.475 e. The fourth-order valence-corrected chi connectivity index (χ4v) is 2.43. The van der Waals surface area contributed by atoms with Crippen molar-refractivity contribution in [1.82, 2.24) is 19.8 Å². The summed E-state index contributed by atoms with van der Waals surface area (Å²) < 4.78 is 13.2. The van der Waals surface area contributed by atoms with E-state index in [0.29, 0.717) is 42.6 Å². The van der Waals surface area contributed by atoms with Gasteiger partial charge in [-0.25, -0.2) is 4.79 Å². The Morgan fingerprint density at radius 1 is 1.13 bits per heavy atom. The van der Waals surface area contributed by atoms with Gasteiger partial charge in [0.25, 0.3) is 0 Å². The summed E-state index contributed by atoms with van der Waals surface area (Å²) >= 11 is 0. The minimum Gasteiger partial charge on any atom is -0.475 e. The first kappa shape index (κ1) is 23.9. The summed E-state index contributed by atoms with van der Waals surface area (Å²) in [6.45, 7) is 8.46. The summed E-state index contributed by atoms with van der Waals surface area (Å²) in [5, 5.41) is 20.1. The van der Waals surface area contributed by atoms with E-state index in [0.717, 1.165) is 11.1 Å². The van der Waals surface area contributed by atoms with Crippen LogP contribution in [0.2, 0.25) is 0 Å². The molecule has 0 fully saturated rings. The second-order valence-electron chi connectivity index (χ2n) is 6.69. The Bertz CT molecular complexity index is 1020. The number of aryl methyl sites for hydroxylation is 2. The van der Waals surface area contributed by atoms with Crippen molar-refractivity contribution in [3.63, 3.8) is 0 Å². The van der Waals surface area contributed by atoms with Gasteiger partial charge in [-0.15, -0.1) is 5.10 Å². The molecule has 0 bridgehead atoms. The molecule has 168 valence electrons. The van der Waals surface area contributed by atoms with Crippen LogP contribution >= 0.6 is 0 Å². The van der Waals surface area contributed by atoms with Crippen LogP contribution in [-0.4, -0.2) is 57.4 Å². The number of oxime groups is 1. The summed E-state index contributed by atoms with van der Waals surface area (Å²) in [6.07, 6.45) is 0.545. The maximum Gasteiger partial charge on any atom is 0.368 e. The minimum atomic E-state index is -0.334. The molecule has 1 aromatic heterocycles. The topological polar surface area (TPSA) is 117 Å². The van der Waals surface area contributed by atoms with Crippen LogP contribution in [0.25, 0.3) is 5.69 Å². The molecule has 0 aliphatic heterocycles. The van der Waals surface area contributed by atoms with Gasteiger partial charge in [-0.1, -0.05) is 24.2 Å². The maximum atomic E-state index is 12.3. The highest BCUT2D eigenvalue weighted by molar-refractivity contribution is 6.40. The molecule has 0 atom stereocenters. The molecule has 2 rings (SSSR count). The molecule has 1 heterocycles. The lowest BCUT2D eigenvalue weighted by Crippen LogP contribution is -2.23. The molecule has 0 radical (unpaired) electrons. The van der Waals surface area contributed by atoms with Crippen LogP contribution in [0.15, 0.2) is 38.4 Å². The van der Waals surface area contributed by atoms with Gasteiger partial charge in [0, 0.05) is 26.1 Å². The van der Waals surface area contributed by atoms with Crippen molar-refractivity contribution in [3.05, 3.63) is 39.8 Å². The molecular weight excluding hydrogens is 402 g/mol. The van der Waals surface area contributed by atoms with E-state index in [9.17, 15) is 4.79 Å². The smallest absolute Gasteiger partial charge is 0.368 e. The lowest BCUT2D eigenvalue weighted by atomic mass is 10.1. The van der Waals surface area contributed by atoms with E-state index in [1.807, 2.05) is 26.0 Å². The molecule has 31 heavy (non-hydrogen) atoms. The maximum absolute atomic E-state index is 12.3. The Kier molecular flexibility index (Phi) is 9.07. The van der Waals surface area contributed by atoms with Gasteiger partial charge in [0.05, 0.1) is 23.7 Å². The molecule has 0 saturated heterocycles. The second-order valence-corrected chi connectivity index (χ2v) is 6.69. The first-order valence-electron chi connectivity index (χ1n) is 9.86. The standard InChI is InChI=1S/C20H29N7O4/c1-7-19(22-21-15(3)16(4)23-31-12-11-29-6)30-13-17-14(2)9-8-10-18(17)27-20(28)26(5)24-25-27/h8-10H,7,11-13H2,1-6H3/b21-15-,22-19-,23-16-. The number of benzene rings is 1. The van der Waals surface area contributed by atoms with E-state index in [2.05, 4.69) is 25.8 Å². The van der Waals surface area contributed by atoms with Crippen molar-refractivity contribution in [2.75, 3.05) is 20.3 Å². The third-order valence-corrected chi connectivity index (χ3v) is 4.44. The Hall–Kier alpha value is -3.34. The van der Waals surface area contributed by atoms with Gasteiger partial charge in [0.2, 0.25) is 5.90 Å². The summed E-state index contributed by atoms with van der Waals surface area (Å²) in [6, 6.07) is 5.60. The molecule has 11 nitrogen and oxygen atoms in total. The zero-order valence-electron chi connectivity index (χ0n) is 18.8. The number of hydrogen-bond acceptors (Lipinski definition) is 9. The van der Waals surface area contributed by atoms with E-state index in [1.165, 1.54) is 9.36 Å². The Morgan fingerprint density at radius 2 is 1.90 bits per heavy atom. The first-order valence-corrected chi connectivity index (χ1v) is 9.86. The first-order chi connectivity index (χ1) is 14.9. The normalized spacial score (nSPS) is 12.9. The van der Waals surface area contributed by atoms with E-state index in [-0.39, 0.29) is 12.3 Å². The van der Waals surface area contributed by atoms with Gasteiger partial charge < -0.3 is 14.3 Å². The fraction of sp³-hybridized carbons (Fsp3) is 0.500. The Morgan fingerprint density at radius 3 is 2.55 bits per heavy atom. The van der Waals surface area contributed by atoms with Crippen molar-refractivity contribution >= 4 is 17.3 Å². The molecule has 11 heteroatoms. The monoisotopic (exact) mass is 431 g/mol. The molecule has 0 N–H and O–H groups in total. The van der Waals surface area contributed by atoms with Crippen molar-refractivity contribution < 1.29 is 14.3 Å². The zero-order chi connectivity index (χ0) is 22.8. The highest BCUT2D eigenvalue weighted by Crippen LogP contribution is 2.18. The van der Waals surface area contributed by atoms with Crippen LogP contribution in [0.1, 0.15) is 38.3 Å². The Labute approximate surface area is 181 Å². The van der Waals surface area contributed by atoms with Gasteiger partial charge in [-0.3, -0.25) is 0 Å². The van der Waals surface area contributed by atoms with Gasteiger partial charge in [0.1, 0.15) is 13.2 Å². The molecule has 1 aromatic carbocycles. The van der Waals surface area contributed by atoms with Gasteiger partial charge in [-0.2, -0.15) is 14.5 Å². The van der Waals surface area contributed by atoms with Crippen LogP contribution in [-0.2, 0) is 28.0 Å². The average Bonchev–Trinajstić information content (AvgIpc) is 3.09. The zero-order valence-corrected chi connectivity index (χ0v) is 18.8. The quantitative estimate of drug-likeness (QED) is 0.246. The van der Waals surface area contributed by atoms with Crippen molar-refractivity contribution in [1.29, 1.82) is 0 Å². The number of ether oxygens (including phenoxy) is 2. The summed E-state index contributed by atoms with van der Waals surface area (Å²) in [5.74, 6) is 0.452. The van der Waals surface area contributed by atoms with Gasteiger partial charge >= 0.3 is 5.69 Å². The van der Waals surface area contributed by atoms with E-state index < -0.39 is 0 Å². The summed E-state index contributed by atoms with van der Waals surface area (Å²) in [5.41, 5.74) is 3.27. The highest BCUT2D eigenvalue weighted by atomic mass is 16.6. The summed E-state index contributed by atoms with van der Waals surface area (Å²) in [4.78, 5) is 17.4. The average molecular weight is 431 g/mol. The number of hydrogen-bond donors (Lipinski definition) is 0. The number of tetrazole rings is 1. The SMILES string of the molecule is CC/C(=N/N=C(C)\C(C)=N/OCCOC)OCc1c(C)cccc1-n1nnn(C)c1=O. The number of aromatic nitrogens is 4. The number of rotatable bonds is 10. The third kappa shape index (κ3) is 6.57. The van der Waals surface area contributed by atoms with Crippen LogP contribution in [0, 0.1) is 6.92 Å². The lowest BCUT2D eigenvalue weighted by molar-refractivity contribution is 0.0753. The minimum absolute atomic E-state index is 0.208. The molecule has 2 aromatic rings. The van der Waals surface area contributed by atoms with Crippen molar-refractivity contribution in [3.8, 4) is 5.69 Å². The summed E-state index contributed by atoms with van der Waals surface area (Å²) in [7, 11) is 3.15. The number of nitrogens with zero attached hydrogens (tertiary/aromatic N) is 7. The van der Waals surface area contributed by atoms with Crippen molar-refractivity contribution in [2.45, 2.75) is 40.7 Å². The molecule has 0 spiro atoms. The fourth-order valence-electron chi connectivity index (χ4n) is 2.43. The molecule has 0 aliphatic rings. The highest BCUT2D eigenvalue weighted by Gasteiger charge is 2.14. The van der Waals surface area contributed by atoms with E-state index in [1.54, 1.807) is 34.1 Å². The second kappa shape index (κ2) is 11.7. The molecule has 0 amide bonds. The molecular formula is C20H29N7O4. The molecule has 0 aliphatic carbocycles. The lowest BCUT2D eigenvalue weighted by Gasteiger charge is -2.13. The van der Waals surface area contributed by atoms with Crippen LogP contribution in [0.5, 0.6) is 0 Å². The van der Waals surface area contributed by atoms with Crippen molar-refractivity contribution in [2.24, 2.45) is 22.4 Å².